The highest BCUT2D eigenvalue weighted by atomic mass is 16.3. The third-order valence-electron chi connectivity index (χ3n) is 9.79. The summed E-state index contributed by atoms with van der Waals surface area (Å²) < 4.78 is 6.77. The van der Waals surface area contributed by atoms with Crippen LogP contribution >= 0.6 is 0 Å². The van der Waals surface area contributed by atoms with Gasteiger partial charge in [0.1, 0.15) is 11.2 Å². The molecule has 0 radical (unpaired) electrons. The maximum atomic E-state index is 6.77. The predicted octanol–water partition coefficient (Wildman–Crippen LogP) is 11.7. The quantitative estimate of drug-likeness (QED) is 0.195. The van der Waals surface area contributed by atoms with Crippen LogP contribution in [-0.4, -0.2) is 15.0 Å². The molecule has 2 heterocycles. The molecule has 9 aromatic rings. The van der Waals surface area contributed by atoms with Crippen molar-refractivity contribution in [3.8, 4) is 45.3 Å². The number of aromatic nitrogens is 3. The first kappa shape index (κ1) is 27.7. The Morgan fingerprint density at radius 2 is 1.14 bits per heavy atom. The number of nitrogens with zero attached hydrogens (tertiary/aromatic N) is 3. The summed E-state index contributed by atoms with van der Waals surface area (Å²) in [6.07, 6.45) is 6.40. The van der Waals surface area contributed by atoms with E-state index in [0.29, 0.717) is 17.5 Å². The molecule has 0 saturated heterocycles. The summed E-state index contributed by atoms with van der Waals surface area (Å²) in [6, 6.07) is 48.7. The van der Waals surface area contributed by atoms with Crippen LogP contribution in [0.25, 0.3) is 94.8 Å². The number of hydrogen-bond acceptors (Lipinski definition) is 4. The SMILES string of the molecule is C1=Cc2cccc(-c3nc(-c4cccc5ccccc45)nc(-c4cc5cccc(-c6ccccc6)c5c5oc6ccccc6c45)n3)c2CC1. The molecule has 0 fully saturated rings. The first-order valence-corrected chi connectivity index (χ1v) is 16.8. The van der Waals surface area contributed by atoms with E-state index in [1.165, 1.54) is 11.1 Å². The number of hydrogen-bond donors (Lipinski definition) is 0. The molecule has 49 heavy (non-hydrogen) atoms. The van der Waals surface area contributed by atoms with Crippen LogP contribution in [-0.2, 0) is 6.42 Å². The number of allylic oxidation sites excluding steroid dienone is 1. The van der Waals surface area contributed by atoms with Gasteiger partial charge >= 0.3 is 0 Å². The van der Waals surface area contributed by atoms with Crippen molar-refractivity contribution in [1.29, 1.82) is 0 Å². The molecule has 0 spiro atoms. The number of fused-ring (bicyclic) bond motifs is 7. The van der Waals surface area contributed by atoms with E-state index in [1.807, 2.05) is 12.1 Å². The molecule has 10 rings (SSSR count). The molecular weight excluding hydrogens is 599 g/mol. The van der Waals surface area contributed by atoms with E-state index < -0.39 is 0 Å². The molecule has 0 aliphatic heterocycles. The molecule has 1 aliphatic carbocycles. The normalized spacial score (nSPS) is 12.7. The minimum Gasteiger partial charge on any atom is -0.455 e. The van der Waals surface area contributed by atoms with Gasteiger partial charge in [0.2, 0.25) is 0 Å². The molecule has 0 atom stereocenters. The fourth-order valence-electron chi connectivity index (χ4n) is 7.54. The first-order valence-electron chi connectivity index (χ1n) is 16.8. The van der Waals surface area contributed by atoms with E-state index in [-0.39, 0.29) is 0 Å². The standard InChI is InChI=1S/C45H29N3O/c1-2-13-30(14-3-1)34-23-12-19-31-27-38(41-37-22-8-9-26-39(37)49-42(41)40(31)34)45-47-43(35-24-10-17-28-15-4-6-20-32(28)35)46-44(48-45)36-25-11-18-29-16-5-7-21-33(29)36/h1-6,8-20,22-27H,7,21H2. The molecule has 0 unspecified atom stereocenters. The van der Waals surface area contributed by atoms with Crippen LogP contribution in [0.3, 0.4) is 0 Å². The third-order valence-corrected chi connectivity index (χ3v) is 9.79. The number of para-hydroxylation sites is 1. The average molecular weight is 628 g/mol. The summed E-state index contributed by atoms with van der Waals surface area (Å²) in [5, 5.41) is 6.44. The van der Waals surface area contributed by atoms with Gasteiger partial charge in [-0.2, -0.15) is 0 Å². The van der Waals surface area contributed by atoms with Gasteiger partial charge < -0.3 is 4.42 Å². The second-order valence-corrected chi connectivity index (χ2v) is 12.6. The van der Waals surface area contributed by atoms with Gasteiger partial charge in [0.15, 0.2) is 17.5 Å². The molecular formula is C45H29N3O. The predicted molar refractivity (Wildman–Crippen MR) is 201 cm³/mol. The van der Waals surface area contributed by atoms with Gasteiger partial charge in [0.05, 0.1) is 0 Å². The zero-order valence-electron chi connectivity index (χ0n) is 26.6. The Labute approximate surface area is 283 Å². The van der Waals surface area contributed by atoms with Crippen molar-refractivity contribution in [3.63, 3.8) is 0 Å². The monoisotopic (exact) mass is 627 g/mol. The van der Waals surface area contributed by atoms with Crippen LogP contribution in [0.5, 0.6) is 0 Å². The van der Waals surface area contributed by atoms with Crippen LogP contribution in [0, 0.1) is 0 Å². The van der Waals surface area contributed by atoms with Crippen LogP contribution < -0.4 is 0 Å². The molecule has 1 aliphatic rings. The van der Waals surface area contributed by atoms with Crippen molar-refractivity contribution in [1.82, 2.24) is 15.0 Å². The van der Waals surface area contributed by atoms with Gasteiger partial charge in [0.25, 0.3) is 0 Å². The minimum atomic E-state index is 0.625. The van der Waals surface area contributed by atoms with E-state index in [4.69, 9.17) is 19.4 Å². The highest BCUT2D eigenvalue weighted by Gasteiger charge is 2.23. The van der Waals surface area contributed by atoms with E-state index >= 15 is 0 Å². The summed E-state index contributed by atoms with van der Waals surface area (Å²) >= 11 is 0. The van der Waals surface area contributed by atoms with Crippen molar-refractivity contribution in [2.75, 3.05) is 0 Å². The Hall–Kier alpha value is -6.39. The third kappa shape index (κ3) is 4.49. The number of furan rings is 1. The van der Waals surface area contributed by atoms with E-state index in [9.17, 15) is 0 Å². The van der Waals surface area contributed by atoms with Crippen molar-refractivity contribution in [2.24, 2.45) is 0 Å². The lowest BCUT2D eigenvalue weighted by Gasteiger charge is -2.16. The largest absolute Gasteiger partial charge is 0.455 e. The molecule has 4 heteroatoms. The van der Waals surface area contributed by atoms with Crippen molar-refractivity contribution < 1.29 is 4.42 Å². The van der Waals surface area contributed by atoms with E-state index in [0.717, 1.165) is 84.1 Å². The summed E-state index contributed by atoms with van der Waals surface area (Å²) in [4.78, 5) is 15.9. The van der Waals surface area contributed by atoms with Gasteiger partial charge in [-0.1, -0.05) is 140 Å². The molecule has 0 N–H and O–H groups in total. The smallest absolute Gasteiger partial charge is 0.164 e. The van der Waals surface area contributed by atoms with E-state index in [1.54, 1.807) is 0 Å². The van der Waals surface area contributed by atoms with Crippen molar-refractivity contribution in [3.05, 3.63) is 157 Å². The van der Waals surface area contributed by atoms with Crippen LogP contribution in [0.1, 0.15) is 17.5 Å². The molecule has 7 aromatic carbocycles. The maximum Gasteiger partial charge on any atom is 0.164 e. The van der Waals surface area contributed by atoms with Gasteiger partial charge in [0, 0.05) is 32.8 Å². The van der Waals surface area contributed by atoms with Crippen LogP contribution in [0.4, 0.5) is 0 Å². The summed E-state index contributed by atoms with van der Waals surface area (Å²) in [5.74, 6) is 1.96. The Morgan fingerprint density at radius 3 is 2.02 bits per heavy atom. The molecule has 0 bridgehead atoms. The van der Waals surface area contributed by atoms with Gasteiger partial charge in [-0.25, -0.2) is 15.0 Å². The van der Waals surface area contributed by atoms with Gasteiger partial charge in [-0.3, -0.25) is 0 Å². The van der Waals surface area contributed by atoms with Gasteiger partial charge in [-0.15, -0.1) is 0 Å². The zero-order valence-corrected chi connectivity index (χ0v) is 26.6. The summed E-state index contributed by atoms with van der Waals surface area (Å²) in [6.45, 7) is 0. The summed E-state index contributed by atoms with van der Waals surface area (Å²) in [5.41, 5.74) is 9.39. The lowest BCUT2D eigenvalue weighted by atomic mass is 9.92. The lowest BCUT2D eigenvalue weighted by molar-refractivity contribution is 0.673. The zero-order chi connectivity index (χ0) is 32.3. The van der Waals surface area contributed by atoms with Crippen molar-refractivity contribution >= 4 is 49.6 Å². The topological polar surface area (TPSA) is 51.8 Å². The average Bonchev–Trinajstić information content (AvgIpc) is 3.57. The molecule has 4 nitrogen and oxygen atoms in total. The Kier molecular flexibility index (Phi) is 6.28. The second kappa shape index (κ2) is 11.1. The van der Waals surface area contributed by atoms with Gasteiger partial charge in [-0.05, 0) is 63.4 Å². The summed E-state index contributed by atoms with van der Waals surface area (Å²) in [7, 11) is 0. The highest BCUT2D eigenvalue weighted by molar-refractivity contribution is 6.23. The van der Waals surface area contributed by atoms with Crippen LogP contribution in [0.2, 0.25) is 0 Å². The Morgan fingerprint density at radius 1 is 0.490 bits per heavy atom. The second-order valence-electron chi connectivity index (χ2n) is 12.6. The maximum absolute atomic E-state index is 6.77. The van der Waals surface area contributed by atoms with Crippen molar-refractivity contribution in [2.45, 2.75) is 12.8 Å². The fraction of sp³-hybridized carbons (Fsp3) is 0.0444. The fourth-order valence-corrected chi connectivity index (χ4v) is 7.54. The number of benzene rings is 7. The Bertz CT molecular complexity index is 2770. The highest BCUT2D eigenvalue weighted by Crippen LogP contribution is 2.44. The van der Waals surface area contributed by atoms with E-state index in [2.05, 4.69) is 140 Å². The first-order chi connectivity index (χ1) is 24.3. The molecule has 0 amide bonds. The minimum absolute atomic E-state index is 0.625. The lowest BCUT2D eigenvalue weighted by Crippen LogP contribution is -2.04. The number of rotatable bonds is 4. The van der Waals surface area contributed by atoms with Crippen LogP contribution in [0.15, 0.2) is 150 Å². The molecule has 230 valence electrons. The Balaban J connectivity index is 1.32. The molecule has 2 aromatic heterocycles. The molecule has 0 saturated carbocycles.